The molecule has 0 saturated carbocycles. The summed E-state index contributed by atoms with van der Waals surface area (Å²) in [5.74, 6) is 0. The number of rotatable bonds is 20. The van der Waals surface area contributed by atoms with Crippen molar-refractivity contribution < 1.29 is 13.3 Å². The molecular formula is C22H48N2O3SSi. The van der Waals surface area contributed by atoms with E-state index in [0.717, 1.165) is 19.4 Å². The van der Waals surface area contributed by atoms with Crippen molar-refractivity contribution in [2.24, 2.45) is 0 Å². The number of hydrogen-bond acceptors (Lipinski definition) is 4. The highest BCUT2D eigenvalue weighted by Crippen LogP contribution is 2.18. The fourth-order valence-corrected chi connectivity index (χ4v) is 6.73. The van der Waals surface area contributed by atoms with Gasteiger partial charge in [-0.15, -0.1) is 0 Å². The molecule has 0 aromatic rings. The van der Waals surface area contributed by atoms with Gasteiger partial charge in [0.25, 0.3) is 0 Å². The average molecular weight is 449 g/mol. The second-order valence-electron chi connectivity index (χ2n) is 7.45. The standard InChI is InChI=1S/C22H48N2O3SSi/c1-6-11-12-13-14-15-16-17-18-19-20-23-22(28)24-21(7-2)29(25-8-3,26-9-4)27-10-5/h21H,6-20H2,1-5H3,(H2,23,24,28). The van der Waals surface area contributed by atoms with E-state index >= 15 is 0 Å². The van der Waals surface area contributed by atoms with E-state index in [-0.39, 0.29) is 5.67 Å². The zero-order chi connectivity index (χ0) is 21.8. The molecule has 1 unspecified atom stereocenters. The molecule has 0 fully saturated rings. The lowest BCUT2D eigenvalue weighted by Gasteiger charge is -2.35. The Kier molecular flexibility index (Phi) is 19.6. The first-order valence-corrected chi connectivity index (χ1v) is 14.3. The first-order chi connectivity index (χ1) is 14.1. The predicted octanol–water partition coefficient (Wildman–Crippen LogP) is 5.74. The van der Waals surface area contributed by atoms with E-state index in [2.05, 4.69) is 24.5 Å². The lowest BCUT2D eigenvalue weighted by Crippen LogP contribution is -2.63. The zero-order valence-corrected chi connectivity index (χ0v) is 21.6. The van der Waals surface area contributed by atoms with Crippen LogP contribution in [0.25, 0.3) is 0 Å². The summed E-state index contributed by atoms with van der Waals surface area (Å²) in [6, 6.07) is 0. The molecule has 0 heterocycles. The summed E-state index contributed by atoms with van der Waals surface area (Å²) in [6.45, 7) is 13.0. The van der Waals surface area contributed by atoms with Gasteiger partial charge in [-0.1, -0.05) is 71.6 Å². The van der Waals surface area contributed by atoms with E-state index < -0.39 is 8.80 Å². The third kappa shape index (κ3) is 13.7. The molecule has 0 aliphatic rings. The molecule has 0 aliphatic carbocycles. The maximum absolute atomic E-state index is 6.02. The van der Waals surface area contributed by atoms with Crippen LogP contribution in [0, 0.1) is 0 Å². The smallest absolute Gasteiger partial charge is 0.373 e. The third-order valence-corrected chi connectivity index (χ3v) is 8.73. The summed E-state index contributed by atoms with van der Waals surface area (Å²) in [4.78, 5) is 0. The molecule has 5 nitrogen and oxygen atoms in total. The van der Waals surface area contributed by atoms with Crippen molar-refractivity contribution in [3.05, 3.63) is 0 Å². The fourth-order valence-electron chi connectivity index (χ4n) is 3.49. The number of unbranched alkanes of at least 4 members (excludes halogenated alkanes) is 9. The van der Waals surface area contributed by atoms with Crippen molar-refractivity contribution in [3.8, 4) is 0 Å². The van der Waals surface area contributed by atoms with Gasteiger partial charge in [0.05, 0.1) is 5.67 Å². The van der Waals surface area contributed by atoms with Crippen LogP contribution in [0.5, 0.6) is 0 Å². The van der Waals surface area contributed by atoms with Gasteiger partial charge in [0.1, 0.15) is 0 Å². The molecule has 0 amide bonds. The molecule has 0 saturated heterocycles. The summed E-state index contributed by atoms with van der Waals surface area (Å²) in [5, 5.41) is 7.42. The minimum atomic E-state index is -2.81. The molecule has 0 radical (unpaired) electrons. The molecule has 0 aromatic heterocycles. The molecular weight excluding hydrogens is 400 g/mol. The number of hydrogen-bond donors (Lipinski definition) is 2. The van der Waals surface area contributed by atoms with E-state index in [1.807, 2.05) is 20.8 Å². The molecule has 0 aliphatic heterocycles. The van der Waals surface area contributed by atoms with Crippen LogP contribution < -0.4 is 10.6 Å². The van der Waals surface area contributed by atoms with Crippen LogP contribution in [0.4, 0.5) is 0 Å². The molecule has 1 atom stereocenters. The summed E-state index contributed by atoms with van der Waals surface area (Å²) in [6.07, 6.45) is 14.2. The molecule has 174 valence electrons. The lowest BCUT2D eigenvalue weighted by atomic mass is 10.1. The predicted molar refractivity (Wildman–Crippen MR) is 130 cm³/mol. The Hall–Kier alpha value is -0.213. The van der Waals surface area contributed by atoms with Crippen LogP contribution >= 0.6 is 12.2 Å². The van der Waals surface area contributed by atoms with E-state index in [1.54, 1.807) is 0 Å². The van der Waals surface area contributed by atoms with E-state index in [9.17, 15) is 0 Å². The van der Waals surface area contributed by atoms with Gasteiger partial charge in [0, 0.05) is 26.4 Å². The molecule has 0 bridgehead atoms. The second-order valence-corrected chi connectivity index (χ2v) is 10.6. The molecule has 2 N–H and O–H groups in total. The second kappa shape index (κ2) is 19.7. The number of thiocarbonyl (C=S) groups is 1. The summed E-state index contributed by atoms with van der Waals surface area (Å²) in [7, 11) is -2.81. The normalized spacial score (nSPS) is 12.7. The molecule has 29 heavy (non-hydrogen) atoms. The highest BCUT2D eigenvalue weighted by atomic mass is 32.1. The molecule has 0 spiro atoms. The van der Waals surface area contributed by atoms with Crippen LogP contribution in [0.2, 0.25) is 0 Å². The SMILES string of the molecule is CCCCCCCCCCCCNC(=S)NC(CC)[Si](OCC)(OCC)OCC. The van der Waals surface area contributed by atoms with Gasteiger partial charge in [0.2, 0.25) is 0 Å². The van der Waals surface area contributed by atoms with Gasteiger partial charge in [-0.2, -0.15) is 0 Å². The van der Waals surface area contributed by atoms with Crippen LogP contribution in [0.3, 0.4) is 0 Å². The van der Waals surface area contributed by atoms with Gasteiger partial charge in [-0.05, 0) is 45.8 Å². The van der Waals surface area contributed by atoms with E-state index in [0.29, 0.717) is 24.9 Å². The topological polar surface area (TPSA) is 51.8 Å². The Morgan fingerprint density at radius 1 is 0.724 bits per heavy atom. The van der Waals surface area contributed by atoms with Gasteiger partial charge in [-0.25, -0.2) is 0 Å². The van der Waals surface area contributed by atoms with Gasteiger partial charge < -0.3 is 23.9 Å². The van der Waals surface area contributed by atoms with E-state index in [4.69, 9.17) is 25.5 Å². The Morgan fingerprint density at radius 3 is 1.59 bits per heavy atom. The van der Waals surface area contributed by atoms with Crippen molar-refractivity contribution in [3.63, 3.8) is 0 Å². The van der Waals surface area contributed by atoms with Crippen LogP contribution in [0.15, 0.2) is 0 Å². The minimum absolute atomic E-state index is 0.0324. The Bertz CT molecular complexity index is 372. The fraction of sp³-hybridized carbons (Fsp3) is 0.955. The molecule has 0 rings (SSSR count). The van der Waals surface area contributed by atoms with Crippen molar-refractivity contribution in [2.45, 2.75) is 111 Å². The van der Waals surface area contributed by atoms with Crippen molar-refractivity contribution in [1.82, 2.24) is 10.6 Å². The minimum Gasteiger partial charge on any atom is -0.373 e. The highest BCUT2D eigenvalue weighted by molar-refractivity contribution is 7.80. The summed E-state index contributed by atoms with van der Waals surface area (Å²) < 4.78 is 18.1. The molecule has 0 aromatic carbocycles. The number of nitrogens with one attached hydrogen (secondary N) is 2. The summed E-state index contributed by atoms with van der Waals surface area (Å²) >= 11 is 5.52. The lowest BCUT2D eigenvalue weighted by molar-refractivity contribution is 0.0596. The Morgan fingerprint density at radius 2 is 1.17 bits per heavy atom. The Labute approximate surface area is 187 Å². The van der Waals surface area contributed by atoms with Gasteiger partial charge in [-0.3, -0.25) is 0 Å². The monoisotopic (exact) mass is 448 g/mol. The van der Waals surface area contributed by atoms with Gasteiger partial charge in [0.15, 0.2) is 5.11 Å². The first-order valence-electron chi connectivity index (χ1n) is 12.1. The Balaban J connectivity index is 4.10. The van der Waals surface area contributed by atoms with Crippen LogP contribution in [0.1, 0.15) is 105 Å². The maximum atomic E-state index is 6.02. The van der Waals surface area contributed by atoms with Crippen LogP contribution in [-0.4, -0.2) is 45.9 Å². The average Bonchev–Trinajstić information content (AvgIpc) is 2.70. The van der Waals surface area contributed by atoms with Crippen molar-refractivity contribution >= 4 is 26.1 Å². The van der Waals surface area contributed by atoms with Crippen molar-refractivity contribution in [2.75, 3.05) is 26.4 Å². The summed E-state index contributed by atoms with van der Waals surface area (Å²) in [5.41, 5.74) is -0.0324. The van der Waals surface area contributed by atoms with Gasteiger partial charge >= 0.3 is 8.80 Å². The maximum Gasteiger partial charge on any atom is 0.524 e. The van der Waals surface area contributed by atoms with Crippen molar-refractivity contribution in [1.29, 1.82) is 0 Å². The molecule has 7 heteroatoms. The van der Waals surface area contributed by atoms with E-state index in [1.165, 1.54) is 57.8 Å². The van der Waals surface area contributed by atoms with Crippen LogP contribution in [-0.2, 0) is 13.3 Å². The zero-order valence-electron chi connectivity index (χ0n) is 19.8. The quantitative estimate of drug-likeness (QED) is 0.141. The highest BCUT2D eigenvalue weighted by Gasteiger charge is 2.49. The largest absolute Gasteiger partial charge is 0.524 e. The first kappa shape index (κ1) is 28.8. The third-order valence-electron chi connectivity index (χ3n) is 4.99.